The van der Waals surface area contributed by atoms with Crippen molar-refractivity contribution in [3.8, 4) is 5.75 Å². The molecule has 0 spiro atoms. The largest absolute Gasteiger partial charge is 0.492 e. The van der Waals surface area contributed by atoms with Gasteiger partial charge in [0.15, 0.2) is 5.78 Å². The normalized spacial score (nSPS) is 16.2. The van der Waals surface area contributed by atoms with Gasteiger partial charge in [-0.1, -0.05) is 35.9 Å². The number of carbonyl (C=O) groups excluding carboxylic acids is 1. The smallest absolute Gasteiger partial charge is 0.163 e. The Morgan fingerprint density at radius 2 is 2.10 bits per heavy atom. The summed E-state index contributed by atoms with van der Waals surface area (Å²) in [5.41, 5.74) is 3.29. The van der Waals surface area contributed by atoms with E-state index in [1.54, 1.807) is 18.2 Å². The molecule has 2 aromatic carbocycles. The highest BCUT2D eigenvalue weighted by atomic mass is 35.5. The lowest BCUT2D eigenvalue weighted by Crippen LogP contribution is -2.23. The molecule has 0 radical (unpaired) electrons. The summed E-state index contributed by atoms with van der Waals surface area (Å²) in [4.78, 5) is 11.6. The van der Waals surface area contributed by atoms with E-state index in [9.17, 15) is 4.79 Å². The molecule has 1 unspecified atom stereocenters. The number of benzene rings is 2. The molecule has 3 rings (SSSR count). The molecule has 0 saturated heterocycles. The third-order valence-electron chi connectivity index (χ3n) is 3.72. The molecular weight excluding hydrogens is 272 g/mol. The standard InChI is InChI=1S/C17H15ClO2/c1-11(19)16-9-14(18)6-7-17(16)20-10-13-8-12-4-2-3-5-15(12)13/h2-7,9,13H,8,10H2,1H3. The molecule has 3 heteroatoms. The zero-order valence-corrected chi connectivity index (χ0v) is 12.0. The van der Waals surface area contributed by atoms with Gasteiger partial charge in [0.2, 0.25) is 0 Å². The van der Waals surface area contributed by atoms with E-state index in [-0.39, 0.29) is 5.78 Å². The second-order valence-electron chi connectivity index (χ2n) is 5.11. The van der Waals surface area contributed by atoms with Crippen LogP contribution in [0.2, 0.25) is 5.02 Å². The van der Waals surface area contributed by atoms with E-state index in [0.29, 0.717) is 28.9 Å². The Balaban J connectivity index is 1.73. The van der Waals surface area contributed by atoms with E-state index < -0.39 is 0 Å². The number of rotatable bonds is 4. The molecule has 0 heterocycles. The molecule has 1 aliphatic carbocycles. The first-order valence-electron chi connectivity index (χ1n) is 6.66. The molecule has 1 atom stereocenters. The van der Waals surface area contributed by atoms with Crippen molar-refractivity contribution in [2.45, 2.75) is 19.3 Å². The van der Waals surface area contributed by atoms with E-state index in [1.165, 1.54) is 18.1 Å². The second-order valence-corrected chi connectivity index (χ2v) is 5.54. The predicted molar refractivity (Wildman–Crippen MR) is 79.8 cm³/mol. The number of Topliss-reactive ketones (excluding diaryl/α,β-unsaturated/α-hetero) is 1. The number of hydrogen-bond donors (Lipinski definition) is 0. The third kappa shape index (κ3) is 2.44. The molecule has 2 aromatic rings. The molecule has 0 N–H and O–H groups in total. The topological polar surface area (TPSA) is 26.3 Å². The second kappa shape index (κ2) is 5.29. The molecule has 0 saturated carbocycles. The van der Waals surface area contributed by atoms with Crippen molar-refractivity contribution in [1.82, 2.24) is 0 Å². The van der Waals surface area contributed by atoms with Gasteiger partial charge in [0.25, 0.3) is 0 Å². The maximum atomic E-state index is 11.6. The number of ether oxygens (including phenoxy) is 1. The van der Waals surface area contributed by atoms with Crippen LogP contribution in [0.1, 0.15) is 34.3 Å². The zero-order chi connectivity index (χ0) is 14.1. The van der Waals surface area contributed by atoms with E-state index >= 15 is 0 Å². The van der Waals surface area contributed by atoms with Crippen LogP contribution in [0.15, 0.2) is 42.5 Å². The van der Waals surface area contributed by atoms with E-state index in [4.69, 9.17) is 16.3 Å². The van der Waals surface area contributed by atoms with Crippen LogP contribution in [0.3, 0.4) is 0 Å². The number of carbonyl (C=O) groups is 1. The average Bonchev–Trinajstić information content (AvgIpc) is 2.41. The fraction of sp³-hybridized carbons (Fsp3) is 0.235. The van der Waals surface area contributed by atoms with Gasteiger partial charge in [0.1, 0.15) is 5.75 Å². The molecule has 0 aromatic heterocycles. The lowest BCUT2D eigenvalue weighted by molar-refractivity contribution is 0.101. The summed E-state index contributed by atoms with van der Waals surface area (Å²) in [6.07, 6.45) is 1.04. The van der Waals surface area contributed by atoms with Crippen molar-refractivity contribution in [3.63, 3.8) is 0 Å². The van der Waals surface area contributed by atoms with Crippen molar-refractivity contribution >= 4 is 17.4 Å². The van der Waals surface area contributed by atoms with Gasteiger partial charge in [0.05, 0.1) is 12.2 Å². The Bertz CT molecular complexity index is 664. The zero-order valence-electron chi connectivity index (χ0n) is 11.2. The maximum Gasteiger partial charge on any atom is 0.163 e. The molecule has 0 amide bonds. The van der Waals surface area contributed by atoms with Crippen molar-refractivity contribution in [2.75, 3.05) is 6.61 Å². The Hall–Kier alpha value is -1.80. The minimum absolute atomic E-state index is 0.0310. The van der Waals surface area contributed by atoms with Gasteiger partial charge >= 0.3 is 0 Å². The van der Waals surface area contributed by atoms with Crippen LogP contribution in [0.5, 0.6) is 5.75 Å². The minimum atomic E-state index is -0.0310. The highest BCUT2D eigenvalue weighted by Gasteiger charge is 2.26. The van der Waals surface area contributed by atoms with Gasteiger partial charge in [-0.3, -0.25) is 4.79 Å². The molecule has 0 fully saturated rings. The number of hydrogen-bond acceptors (Lipinski definition) is 2. The summed E-state index contributed by atoms with van der Waals surface area (Å²) in [5.74, 6) is 1.00. The van der Waals surface area contributed by atoms with Crippen LogP contribution in [0.4, 0.5) is 0 Å². The first-order valence-corrected chi connectivity index (χ1v) is 7.04. The predicted octanol–water partition coefficient (Wildman–Crippen LogP) is 4.26. The molecular formula is C17H15ClO2. The van der Waals surface area contributed by atoms with Gasteiger partial charge in [-0.2, -0.15) is 0 Å². The summed E-state index contributed by atoms with van der Waals surface area (Å²) in [6, 6.07) is 13.6. The van der Waals surface area contributed by atoms with Crippen LogP contribution >= 0.6 is 11.6 Å². The van der Waals surface area contributed by atoms with E-state index in [2.05, 4.69) is 18.2 Å². The SMILES string of the molecule is CC(=O)c1cc(Cl)ccc1OCC1Cc2ccccc21. The lowest BCUT2D eigenvalue weighted by atomic mass is 9.78. The van der Waals surface area contributed by atoms with Gasteiger partial charge in [-0.15, -0.1) is 0 Å². The Morgan fingerprint density at radius 1 is 1.30 bits per heavy atom. The number of fused-ring (bicyclic) bond motifs is 1. The van der Waals surface area contributed by atoms with Crippen molar-refractivity contribution < 1.29 is 9.53 Å². The Kier molecular flexibility index (Phi) is 3.49. The van der Waals surface area contributed by atoms with E-state index in [1.807, 2.05) is 6.07 Å². The van der Waals surface area contributed by atoms with Crippen molar-refractivity contribution in [3.05, 3.63) is 64.2 Å². The molecule has 2 nitrogen and oxygen atoms in total. The van der Waals surface area contributed by atoms with Crippen LogP contribution in [-0.4, -0.2) is 12.4 Å². The molecule has 1 aliphatic rings. The summed E-state index contributed by atoms with van der Waals surface area (Å²) >= 11 is 5.92. The van der Waals surface area contributed by atoms with Crippen molar-refractivity contribution in [1.29, 1.82) is 0 Å². The van der Waals surface area contributed by atoms with Crippen LogP contribution < -0.4 is 4.74 Å². The first-order chi connectivity index (χ1) is 9.65. The fourth-order valence-electron chi connectivity index (χ4n) is 2.60. The van der Waals surface area contributed by atoms with Crippen LogP contribution in [-0.2, 0) is 6.42 Å². The van der Waals surface area contributed by atoms with E-state index in [0.717, 1.165) is 6.42 Å². The van der Waals surface area contributed by atoms with Gasteiger partial charge < -0.3 is 4.74 Å². The molecule has 0 aliphatic heterocycles. The number of ketones is 1. The Labute approximate surface area is 123 Å². The van der Waals surface area contributed by atoms with Crippen LogP contribution in [0, 0.1) is 0 Å². The van der Waals surface area contributed by atoms with Crippen LogP contribution in [0.25, 0.3) is 0 Å². The highest BCUT2D eigenvalue weighted by molar-refractivity contribution is 6.31. The summed E-state index contributed by atoms with van der Waals surface area (Å²) in [5, 5.41) is 0.552. The lowest BCUT2D eigenvalue weighted by Gasteiger charge is -2.30. The summed E-state index contributed by atoms with van der Waals surface area (Å²) in [6.45, 7) is 2.12. The minimum Gasteiger partial charge on any atom is -0.492 e. The summed E-state index contributed by atoms with van der Waals surface area (Å²) in [7, 11) is 0. The Morgan fingerprint density at radius 3 is 2.85 bits per heavy atom. The quantitative estimate of drug-likeness (QED) is 0.785. The monoisotopic (exact) mass is 286 g/mol. The number of halogens is 1. The van der Waals surface area contributed by atoms with Gasteiger partial charge in [-0.25, -0.2) is 0 Å². The van der Waals surface area contributed by atoms with Gasteiger partial charge in [-0.05, 0) is 42.7 Å². The fourth-order valence-corrected chi connectivity index (χ4v) is 2.78. The first kappa shape index (κ1) is 13.2. The molecule has 102 valence electrons. The summed E-state index contributed by atoms with van der Waals surface area (Å²) < 4.78 is 5.83. The third-order valence-corrected chi connectivity index (χ3v) is 3.96. The highest BCUT2D eigenvalue weighted by Crippen LogP contribution is 2.35. The molecule has 20 heavy (non-hydrogen) atoms. The maximum absolute atomic E-state index is 11.6. The van der Waals surface area contributed by atoms with Gasteiger partial charge in [0, 0.05) is 10.9 Å². The molecule has 0 bridgehead atoms. The van der Waals surface area contributed by atoms with Crippen molar-refractivity contribution in [2.24, 2.45) is 0 Å². The average molecular weight is 287 g/mol.